The second-order valence-electron chi connectivity index (χ2n) is 8.31. The molecule has 0 radical (unpaired) electrons. The van der Waals surface area contributed by atoms with E-state index in [-0.39, 0.29) is 11.8 Å². The molecule has 2 rings (SSSR count). The first-order chi connectivity index (χ1) is 14.4. The minimum absolute atomic E-state index is 0.0256. The SMILES string of the molecule is CCc1ccc(CCC(=O)N(CCc2ccccc2)[C@H](C)C(=O)NCC(C)C)cc1. The molecule has 0 saturated carbocycles. The third-order valence-corrected chi connectivity index (χ3v) is 5.39. The predicted octanol–water partition coefficient (Wildman–Crippen LogP) is 4.41. The summed E-state index contributed by atoms with van der Waals surface area (Å²) in [4.78, 5) is 27.5. The van der Waals surface area contributed by atoms with Crippen LogP contribution in [0.2, 0.25) is 0 Å². The lowest BCUT2D eigenvalue weighted by atomic mass is 10.0. The number of hydrogen-bond donors (Lipinski definition) is 1. The molecule has 0 aliphatic rings. The summed E-state index contributed by atoms with van der Waals surface area (Å²) in [5.74, 6) is 0.316. The molecule has 2 aromatic carbocycles. The minimum atomic E-state index is -0.484. The number of hydrogen-bond acceptors (Lipinski definition) is 2. The van der Waals surface area contributed by atoms with Crippen LogP contribution in [0.3, 0.4) is 0 Å². The number of nitrogens with zero attached hydrogens (tertiary/aromatic N) is 1. The highest BCUT2D eigenvalue weighted by Crippen LogP contribution is 2.12. The van der Waals surface area contributed by atoms with Crippen LogP contribution in [0.5, 0.6) is 0 Å². The Labute approximate surface area is 181 Å². The third kappa shape index (κ3) is 7.66. The Hall–Kier alpha value is -2.62. The van der Waals surface area contributed by atoms with Crippen LogP contribution in [0.4, 0.5) is 0 Å². The zero-order valence-corrected chi connectivity index (χ0v) is 18.9. The highest BCUT2D eigenvalue weighted by atomic mass is 16.2. The van der Waals surface area contributed by atoms with E-state index in [1.54, 1.807) is 4.90 Å². The molecule has 0 bridgehead atoms. The second kappa shape index (κ2) is 12.2. The van der Waals surface area contributed by atoms with Crippen LogP contribution in [0, 0.1) is 5.92 Å². The molecule has 0 heterocycles. The van der Waals surface area contributed by atoms with Gasteiger partial charge in [-0.15, -0.1) is 0 Å². The smallest absolute Gasteiger partial charge is 0.242 e. The summed E-state index contributed by atoms with van der Waals surface area (Å²) in [6.45, 7) is 9.24. The molecule has 0 aliphatic heterocycles. The first-order valence-electron chi connectivity index (χ1n) is 11.1. The molecular formula is C26H36N2O2. The number of aryl methyl sites for hydroxylation is 2. The van der Waals surface area contributed by atoms with E-state index in [9.17, 15) is 9.59 Å². The third-order valence-electron chi connectivity index (χ3n) is 5.39. The van der Waals surface area contributed by atoms with E-state index >= 15 is 0 Å². The average Bonchev–Trinajstić information content (AvgIpc) is 2.77. The first-order valence-corrected chi connectivity index (χ1v) is 11.1. The molecule has 162 valence electrons. The largest absolute Gasteiger partial charge is 0.354 e. The first kappa shape index (κ1) is 23.7. The summed E-state index contributed by atoms with van der Waals surface area (Å²) in [5, 5.41) is 2.97. The van der Waals surface area contributed by atoms with Crippen molar-refractivity contribution in [3.05, 3.63) is 71.3 Å². The Bertz CT molecular complexity index is 784. The van der Waals surface area contributed by atoms with Gasteiger partial charge in [0.1, 0.15) is 6.04 Å². The number of benzene rings is 2. The van der Waals surface area contributed by atoms with Gasteiger partial charge in [0.05, 0.1) is 0 Å². The van der Waals surface area contributed by atoms with Crippen LogP contribution in [-0.2, 0) is 28.9 Å². The lowest BCUT2D eigenvalue weighted by Gasteiger charge is -2.29. The molecule has 0 aromatic heterocycles. The van der Waals surface area contributed by atoms with E-state index in [1.807, 2.05) is 25.1 Å². The van der Waals surface area contributed by atoms with Crippen LogP contribution >= 0.6 is 0 Å². The van der Waals surface area contributed by atoms with Crippen LogP contribution in [-0.4, -0.2) is 35.8 Å². The van der Waals surface area contributed by atoms with Crippen LogP contribution in [0.25, 0.3) is 0 Å². The second-order valence-corrected chi connectivity index (χ2v) is 8.31. The van der Waals surface area contributed by atoms with Crippen molar-refractivity contribution in [3.63, 3.8) is 0 Å². The van der Waals surface area contributed by atoms with Crippen molar-refractivity contribution in [1.29, 1.82) is 0 Å². The maximum Gasteiger partial charge on any atom is 0.242 e. The lowest BCUT2D eigenvalue weighted by molar-refractivity contribution is -0.139. The average molecular weight is 409 g/mol. The number of amides is 2. The molecule has 2 amide bonds. The number of carbonyl (C=O) groups excluding carboxylic acids is 2. The summed E-state index contributed by atoms with van der Waals surface area (Å²) < 4.78 is 0. The molecule has 0 saturated heterocycles. The lowest BCUT2D eigenvalue weighted by Crippen LogP contribution is -2.49. The Morgan fingerprint density at radius 2 is 1.47 bits per heavy atom. The molecule has 1 N–H and O–H groups in total. The van der Waals surface area contributed by atoms with Gasteiger partial charge < -0.3 is 10.2 Å². The maximum atomic E-state index is 13.1. The van der Waals surface area contributed by atoms with E-state index in [0.29, 0.717) is 31.8 Å². The summed E-state index contributed by atoms with van der Waals surface area (Å²) >= 11 is 0. The summed E-state index contributed by atoms with van der Waals surface area (Å²) in [5.41, 5.74) is 3.62. The van der Waals surface area contributed by atoms with E-state index in [2.05, 4.69) is 62.5 Å². The zero-order chi connectivity index (χ0) is 21.9. The Kier molecular flexibility index (Phi) is 9.59. The van der Waals surface area contributed by atoms with Crippen molar-refractivity contribution >= 4 is 11.8 Å². The molecule has 30 heavy (non-hydrogen) atoms. The number of nitrogens with one attached hydrogen (secondary N) is 1. The molecule has 1 atom stereocenters. The van der Waals surface area contributed by atoms with Gasteiger partial charge in [-0.1, -0.05) is 75.4 Å². The van der Waals surface area contributed by atoms with Gasteiger partial charge in [-0.3, -0.25) is 9.59 Å². The van der Waals surface area contributed by atoms with Crippen molar-refractivity contribution in [2.24, 2.45) is 5.92 Å². The van der Waals surface area contributed by atoms with Gasteiger partial charge in [0, 0.05) is 19.5 Å². The van der Waals surface area contributed by atoms with Gasteiger partial charge in [0.25, 0.3) is 0 Å². The summed E-state index contributed by atoms with van der Waals surface area (Å²) in [6, 6.07) is 18.0. The van der Waals surface area contributed by atoms with Gasteiger partial charge in [0.2, 0.25) is 11.8 Å². The Balaban J connectivity index is 2.03. The molecule has 0 spiro atoms. The molecule has 2 aromatic rings. The van der Waals surface area contributed by atoms with E-state index in [0.717, 1.165) is 18.4 Å². The Morgan fingerprint density at radius 3 is 2.07 bits per heavy atom. The number of rotatable bonds is 11. The van der Waals surface area contributed by atoms with Gasteiger partial charge >= 0.3 is 0 Å². The summed E-state index contributed by atoms with van der Waals surface area (Å²) in [7, 11) is 0. The Morgan fingerprint density at radius 1 is 0.867 bits per heavy atom. The summed E-state index contributed by atoms with van der Waals surface area (Å²) in [6.07, 6.45) is 2.84. The van der Waals surface area contributed by atoms with Crippen molar-refractivity contribution in [2.75, 3.05) is 13.1 Å². The predicted molar refractivity (Wildman–Crippen MR) is 123 cm³/mol. The fourth-order valence-corrected chi connectivity index (χ4v) is 3.36. The molecule has 4 heteroatoms. The topological polar surface area (TPSA) is 49.4 Å². The van der Waals surface area contributed by atoms with Crippen molar-refractivity contribution in [1.82, 2.24) is 10.2 Å². The van der Waals surface area contributed by atoms with E-state index in [4.69, 9.17) is 0 Å². The van der Waals surface area contributed by atoms with Gasteiger partial charge in [-0.05, 0) is 48.8 Å². The van der Waals surface area contributed by atoms with Crippen LogP contribution in [0.15, 0.2) is 54.6 Å². The van der Waals surface area contributed by atoms with Crippen molar-refractivity contribution in [3.8, 4) is 0 Å². The van der Waals surface area contributed by atoms with Crippen molar-refractivity contribution < 1.29 is 9.59 Å². The molecule has 0 fully saturated rings. The molecule has 0 aliphatic carbocycles. The molecule has 0 unspecified atom stereocenters. The standard InChI is InChI=1S/C26H36N2O2/c1-5-22-11-13-24(14-12-22)15-16-25(29)28(18-17-23-9-7-6-8-10-23)21(4)26(30)27-19-20(2)3/h6-14,20-21H,5,15-19H2,1-4H3,(H,27,30)/t21-/m1/s1. The van der Waals surface area contributed by atoms with E-state index < -0.39 is 6.04 Å². The highest BCUT2D eigenvalue weighted by molar-refractivity contribution is 5.87. The molecule has 4 nitrogen and oxygen atoms in total. The quantitative estimate of drug-likeness (QED) is 0.599. The molecular weight excluding hydrogens is 372 g/mol. The fourth-order valence-electron chi connectivity index (χ4n) is 3.36. The van der Waals surface area contributed by atoms with Gasteiger partial charge in [0.15, 0.2) is 0 Å². The number of carbonyl (C=O) groups is 2. The minimum Gasteiger partial charge on any atom is -0.354 e. The monoisotopic (exact) mass is 408 g/mol. The fraction of sp³-hybridized carbons (Fsp3) is 0.462. The maximum absolute atomic E-state index is 13.1. The van der Waals surface area contributed by atoms with Gasteiger partial charge in [-0.25, -0.2) is 0 Å². The van der Waals surface area contributed by atoms with Crippen LogP contribution in [0.1, 0.15) is 50.8 Å². The normalized spacial score (nSPS) is 11.9. The van der Waals surface area contributed by atoms with Crippen molar-refractivity contribution in [2.45, 2.75) is 59.4 Å². The van der Waals surface area contributed by atoms with Gasteiger partial charge in [-0.2, -0.15) is 0 Å². The van der Waals surface area contributed by atoms with E-state index in [1.165, 1.54) is 11.1 Å². The zero-order valence-electron chi connectivity index (χ0n) is 18.9. The van der Waals surface area contributed by atoms with Crippen LogP contribution < -0.4 is 5.32 Å². The highest BCUT2D eigenvalue weighted by Gasteiger charge is 2.25.